The third-order valence-electron chi connectivity index (χ3n) is 9.72. The molecule has 4 fully saturated rings. The van der Waals surface area contributed by atoms with Crippen LogP contribution in [0.1, 0.15) is 91.4 Å². The normalized spacial score (nSPS) is 32.3. The smallest absolute Gasteiger partial charge is 0.311 e. The first-order valence-corrected chi connectivity index (χ1v) is 16.3. The van der Waals surface area contributed by atoms with Crippen molar-refractivity contribution < 1.29 is 24.2 Å². The van der Waals surface area contributed by atoms with Gasteiger partial charge in [-0.25, -0.2) is 0 Å². The maximum atomic E-state index is 14.7. The fourth-order valence-corrected chi connectivity index (χ4v) is 10.3. The number of allylic oxidation sites excluding steroid dienone is 1. The Morgan fingerprint density at radius 2 is 1.90 bits per heavy atom. The van der Waals surface area contributed by atoms with Crippen molar-refractivity contribution in [3.8, 4) is 0 Å². The van der Waals surface area contributed by atoms with Gasteiger partial charge in [-0.15, -0.1) is 24.9 Å². The second kappa shape index (κ2) is 13.0. The summed E-state index contributed by atoms with van der Waals surface area (Å²) in [6, 6.07) is -1.05. The van der Waals surface area contributed by atoms with E-state index in [2.05, 4.69) is 33.9 Å². The molecule has 3 heterocycles. The van der Waals surface area contributed by atoms with Crippen LogP contribution in [-0.4, -0.2) is 80.1 Å². The lowest BCUT2D eigenvalue weighted by Gasteiger charge is -2.42. The number of aliphatic hydroxyl groups excluding tert-OH is 1. The Morgan fingerprint density at radius 3 is 2.52 bits per heavy atom. The van der Waals surface area contributed by atoms with E-state index in [4.69, 9.17) is 4.74 Å². The van der Waals surface area contributed by atoms with Crippen LogP contribution in [0.5, 0.6) is 0 Å². The van der Waals surface area contributed by atoms with Crippen molar-refractivity contribution in [2.24, 2.45) is 17.8 Å². The summed E-state index contributed by atoms with van der Waals surface area (Å²) in [5.74, 6) is -1.51. The Morgan fingerprint density at radius 1 is 1.18 bits per heavy atom. The molecule has 1 saturated carbocycles. The van der Waals surface area contributed by atoms with Gasteiger partial charge in [-0.05, 0) is 64.2 Å². The van der Waals surface area contributed by atoms with E-state index in [1.807, 2.05) is 11.0 Å². The standard InChI is InChI=1S/C32H50N2O5S/c1-6-8-9-13-19-39-30(38)26-25-28(36)34(24(21-35)20-22(3)4)27(32(25)17-16-31(26,5)40-32)29(37)33(18-7-2)23-14-11-10-12-15-23/h6-7,22-27,35H,1-2,8-21H2,3-5H3/t24-,25+,26+,27?,31-,32?/m1/s1. The number of thioether (sulfide) groups is 1. The summed E-state index contributed by atoms with van der Waals surface area (Å²) in [5, 5.41) is 10.5. The number of aliphatic hydroxyl groups is 1. The van der Waals surface area contributed by atoms with E-state index in [0.717, 1.165) is 51.4 Å². The van der Waals surface area contributed by atoms with E-state index in [1.165, 1.54) is 6.42 Å². The summed E-state index contributed by atoms with van der Waals surface area (Å²) >= 11 is 1.68. The van der Waals surface area contributed by atoms with E-state index < -0.39 is 33.4 Å². The molecule has 1 aliphatic carbocycles. The summed E-state index contributed by atoms with van der Waals surface area (Å²) in [6.45, 7) is 14.5. The average molecular weight is 575 g/mol. The molecule has 2 unspecified atom stereocenters. The van der Waals surface area contributed by atoms with Crippen LogP contribution >= 0.6 is 11.8 Å². The molecule has 4 aliphatic rings. The molecule has 2 bridgehead atoms. The molecule has 8 heteroatoms. The molecule has 3 saturated heterocycles. The number of carbonyl (C=O) groups is 3. The lowest BCUT2D eigenvalue weighted by Crippen LogP contribution is -2.59. The van der Waals surface area contributed by atoms with Crippen LogP contribution in [0.25, 0.3) is 0 Å². The number of likely N-dealkylation sites (tertiary alicyclic amines) is 1. The molecule has 1 N–H and O–H groups in total. The largest absolute Gasteiger partial charge is 0.465 e. The minimum atomic E-state index is -0.708. The van der Waals surface area contributed by atoms with Gasteiger partial charge in [-0.2, -0.15) is 0 Å². The van der Waals surface area contributed by atoms with Crippen molar-refractivity contribution in [2.75, 3.05) is 19.8 Å². The van der Waals surface area contributed by atoms with Crippen LogP contribution in [0.4, 0.5) is 0 Å². The number of hydrogen-bond acceptors (Lipinski definition) is 6. The van der Waals surface area contributed by atoms with Crippen LogP contribution in [0.15, 0.2) is 25.3 Å². The summed E-state index contributed by atoms with van der Waals surface area (Å²) in [7, 11) is 0. The molecule has 0 aromatic carbocycles. The zero-order valence-corrected chi connectivity index (χ0v) is 25.6. The predicted molar refractivity (Wildman–Crippen MR) is 160 cm³/mol. The number of carbonyl (C=O) groups excluding carboxylic acids is 3. The van der Waals surface area contributed by atoms with Gasteiger partial charge in [0.1, 0.15) is 6.04 Å². The fraction of sp³-hybridized carbons (Fsp3) is 0.781. The van der Waals surface area contributed by atoms with Gasteiger partial charge in [0, 0.05) is 17.3 Å². The van der Waals surface area contributed by atoms with E-state index in [9.17, 15) is 19.5 Å². The van der Waals surface area contributed by atoms with Crippen LogP contribution in [0, 0.1) is 17.8 Å². The first-order chi connectivity index (χ1) is 19.1. The Kier molecular flexibility index (Phi) is 10.1. The molecule has 0 aromatic rings. The van der Waals surface area contributed by atoms with Gasteiger partial charge in [0.05, 0.1) is 35.8 Å². The number of nitrogens with zero attached hydrogens (tertiary/aromatic N) is 2. The molecule has 2 amide bonds. The van der Waals surface area contributed by atoms with E-state index in [1.54, 1.807) is 22.7 Å². The first kappa shape index (κ1) is 31.1. The highest BCUT2D eigenvalue weighted by atomic mass is 32.2. The average Bonchev–Trinajstić information content (AvgIpc) is 3.50. The summed E-state index contributed by atoms with van der Waals surface area (Å²) < 4.78 is 4.64. The van der Waals surface area contributed by atoms with Crippen LogP contribution in [0.2, 0.25) is 0 Å². The number of amides is 2. The monoisotopic (exact) mass is 574 g/mol. The molecular weight excluding hydrogens is 524 g/mol. The molecule has 6 atom stereocenters. The minimum absolute atomic E-state index is 0.0416. The number of hydrogen-bond donors (Lipinski definition) is 1. The van der Waals surface area contributed by atoms with Gasteiger partial charge in [-0.3, -0.25) is 14.4 Å². The summed E-state index contributed by atoms with van der Waals surface area (Å²) in [6.07, 6.45) is 13.5. The molecule has 0 radical (unpaired) electrons. The predicted octanol–water partition coefficient (Wildman–Crippen LogP) is 5.12. The molecule has 1 spiro atoms. The van der Waals surface area contributed by atoms with Gasteiger partial charge in [0.15, 0.2) is 0 Å². The van der Waals surface area contributed by atoms with E-state index in [-0.39, 0.29) is 36.4 Å². The van der Waals surface area contributed by atoms with Crippen LogP contribution in [0.3, 0.4) is 0 Å². The van der Waals surface area contributed by atoms with Crippen LogP contribution in [-0.2, 0) is 19.1 Å². The lowest BCUT2D eigenvalue weighted by molar-refractivity contribution is -0.156. The molecule has 7 nitrogen and oxygen atoms in total. The Balaban J connectivity index is 1.71. The zero-order valence-electron chi connectivity index (χ0n) is 24.8. The van der Waals surface area contributed by atoms with Gasteiger partial charge in [0.2, 0.25) is 11.8 Å². The third kappa shape index (κ3) is 5.64. The highest BCUT2D eigenvalue weighted by molar-refractivity contribution is 8.02. The highest BCUT2D eigenvalue weighted by Crippen LogP contribution is 2.72. The summed E-state index contributed by atoms with van der Waals surface area (Å²) in [5.41, 5.74) is 0. The number of fused-ring (bicyclic) bond motifs is 1. The SMILES string of the molecule is C=CCCCCOC(=O)[C@@H]1[C@H]2C(=O)N([C@@H](CO)CC(C)C)C(C(=O)N(CC=C)C3CCCCC3)C23CC[C@@]1(C)S3. The maximum absolute atomic E-state index is 14.7. The quantitative estimate of drug-likeness (QED) is 0.176. The second-order valence-electron chi connectivity index (χ2n) is 13.0. The number of unbranched alkanes of at least 4 members (excludes halogenated alkanes) is 2. The Labute approximate surface area is 245 Å². The lowest BCUT2D eigenvalue weighted by atomic mass is 9.66. The number of ether oxygens (including phenoxy) is 1. The van der Waals surface area contributed by atoms with Gasteiger partial charge in [0.25, 0.3) is 0 Å². The van der Waals surface area contributed by atoms with Crippen molar-refractivity contribution in [1.29, 1.82) is 0 Å². The topological polar surface area (TPSA) is 87.1 Å². The van der Waals surface area contributed by atoms with Crippen molar-refractivity contribution in [2.45, 2.75) is 119 Å². The number of esters is 1. The highest BCUT2D eigenvalue weighted by Gasteiger charge is 2.78. The van der Waals surface area contributed by atoms with E-state index >= 15 is 0 Å². The van der Waals surface area contributed by atoms with Crippen molar-refractivity contribution in [3.05, 3.63) is 25.3 Å². The first-order valence-electron chi connectivity index (χ1n) is 15.5. The summed E-state index contributed by atoms with van der Waals surface area (Å²) in [4.78, 5) is 46.6. The van der Waals surface area contributed by atoms with Gasteiger partial charge >= 0.3 is 5.97 Å². The fourth-order valence-electron chi connectivity index (χ4n) is 7.98. The Hall–Kier alpha value is -1.80. The van der Waals surface area contributed by atoms with Gasteiger partial charge < -0.3 is 19.6 Å². The molecule has 224 valence electrons. The molecule has 4 rings (SSSR count). The number of rotatable bonds is 14. The Bertz CT molecular complexity index is 965. The van der Waals surface area contributed by atoms with Crippen molar-refractivity contribution in [3.63, 3.8) is 0 Å². The maximum Gasteiger partial charge on any atom is 0.311 e. The molecular formula is C32H50N2O5S. The minimum Gasteiger partial charge on any atom is -0.465 e. The zero-order chi connectivity index (χ0) is 29.1. The van der Waals surface area contributed by atoms with E-state index in [0.29, 0.717) is 26.0 Å². The molecule has 40 heavy (non-hydrogen) atoms. The van der Waals surface area contributed by atoms with Crippen molar-refractivity contribution >= 4 is 29.5 Å². The van der Waals surface area contributed by atoms with Crippen molar-refractivity contribution in [1.82, 2.24) is 9.80 Å². The van der Waals surface area contributed by atoms with Crippen LogP contribution < -0.4 is 0 Å². The third-order valence-corrected chi connectivity index (χ3v) is 11.7. The van der Waals surface area contributed by atoms with Gasteiger partial charge in [-0.1, -0.05) is 45.3 Å². The molecule has 3 aliphatic heterocycles. The second-order valence-corrected chi connectivity index (χ2v) is 14.9. The molecule has 0 aromatic heterocycles.